The Hall–Kier alpha value is -1.62. The minimum absolute atomic E-state index is 0. The number of rotatable bonds is 5. The number of likely N-dealkylation sites (tertiary alicyclic amines) is 1. The molecule has 3 rings (SSSR count). The van der Waals surface area contributed by atoms with Gasteiger partial charge >= 0.3 is 0 Å². The summed E-state index contributed by atoms with van der Waals surface area (Å²) >= 11 is 0. The molecule has 2 aliphatic heterocycles. The van der Waals surface area contributed by atoms with E-state index in [1.54, 1.807) is 7.05 Å². The van der Waals surface area contributed by atoms with Crippen molar-refractivity contribution in [3.8, 4) is 0 Å². The number of carbonyl (C=O) groups is 1. The highest BCUT2D eigenvalue weighted by atomic mass is 127. The molecule has 1 aromatic heterocycles. The van der Waals surface area contributed by atoms with E-state index < -0.39 is 0 Å². The first-order chi connectivity index (χ1) is 13.2. The Bertz CT molecular complexity index is 666. The molecule has 9 heteroatoms. The number of aliphatic imine (C=N–C) groups is 1. The minimum atomic E-state index is 0. The third-order valence-corrected chi connectivity index (χ3v) is 5.03. The fourth-order valence-corrected chi connectivity index (χ4v) is 3.52. The Morgan fingerprint density at radius 1 is 1.36 bits per heavy atom. The highest BCUT2D eigenvalue weighted by molar-refractivity contribution is 14.0. The predicted molar refractivity (Wildman–Crippen MR) is 121 cm³/mol. The summed E-state index contributed by atoms with van der Waals surface area (Å²) in [5.41, 5.74) is 1.14. The van der Waals surface area contributed by atoms with Gasteiger partial charge in [0.1, 0.15) is 5.82 Å². The van der Waals surface area contributed by atoms with Crippen LogP contribution in [0.5, 0.6) is 0 Å². The second-order valence-electron chi connectivity index (χ2n) is 6.83. The van der Waals surface area contributed by atoms with Crippen molar-refractivity contribution in [2.45, 2.75) is 32.4 Å². The minimum Gasteiger partial charge on any atom is -0.378 e. The molecule has 2 saturated heterocycles. The van der Waals surface area contributed by atoms with Crippen molar-refractivity contribution >= 4 is 41.7 Å². The van der Waals surface area contributed by atoms with Crippen molar-refractivity contribution < 1.29 is 9.53 Å². The van der Waals surface area contributed by atoms with E-state index in [0.29, 0.717) is 13.0 Å². The molecule has 3 heterocycles. The molecule has 1 atom stereocenters. The number of amides is 1. The normalized spacial score (nSPS) is 19.9. The standard InChI is InChI=1S/C19H30N6O2.HI/c1-3-17(26)25-8-6-16(14-25)23-19(20-2)22-13-15-5-4-7-21-18(15)24-9-11-27-12-10-24;/h4-5,7,16H,3,6,8-14H2,1-2H3,(H2,20,22,23);1H. The topological polar surface area (TPSA) is 82.1 Å². The second kappa shape index (κ2) is 11.4. The molecule has 156 valence electrons. The first-order valence-corrected chi connectivity index (χ1v) is 9.72. The zero-order valence-corrected chi connectivity index (χ0v) is 19.0. The summed E-state index contributed by atoms with van der Waals surface area (Å²) in [6, 6.07) is 4.29. The Balaban J connectivity index is 0.00000280. The van der Waals surface area contributed by atoms with Gasteiger partial charge in [0.25, 0.3) is 0 Å². The first-order valence-electron chi connectivity index (χ1n) is 9.72. The van der Waals surface area contributed by atoms with Crippen LogP contribution in [0.25, 0.3) is 0 Å². The number of anilines is 1. The molecule has 2 aliphatic rings. The Morgan fingerprint density at radius 2 is 2.14 bits per heavy atom. The molecular formula is C19H31IN6O2. The van der Waals surface area contributed by atoms with Gasteiger partial charge in [-0.05, 0) is 12.5 Å². The van der Waals surface area contributed by atoms with Gasteiger partial charge in [-0.3, -0.25) is 9.79 Å². The van der Waals surface area contributed by atoms with Crippen LogP contribution in [0.4, 0.5) is 5.82 Å². The maximum absolute atomic E-state index is 11.8. The number of hydrogen-bond donors (Lipinski definition) is 2. The Morgan fingerprint density at radius 3 is 2.86 bits per heavy atom. The van der Waals surface area contributed by atoms with E-state index in [1.165, 1.54) is 0 Å². The lowest BCUT2D eigenvalue weighted by atomic mass is 10.2. The van der Waals surface area contributed by atoms with Crippen molar-refractivity contribution in [1.82, 2.24) is 20.5 Å². The zero-order chi connectivity index (χ0) is 19.1. The molecule has 0 bridgehead atoms. The zero-order valence-electron chi connectivity index (χ0n) is 16.7. The second-order valence-corrected chi connectivity index (χ2v) is 6.83. The third-order valence-electron chi connectivity index (χ3n) is 5.03. The van der Waals surface area contributed by atoms with Gasteiger partial charge < -0.3 is 25.2 Å². The molecule has 0 saturated carbocycles. The Kier molecular flexibility index (Phi) is 9.23. The van der Waals surface area contributed by atoms with Crippen LogP contribution < -0.4 is 15.5 Å². The van der Waals surface area contributed by atoms with Crippen LogP contribution in [0.3, 0.4) is 0 Å². The van der Waals surface area contributed by atoms with Crippen LogP contribution in [0.2, 0.25) is 0 Å². The molecule has 8 nitrogen and oxygen atoms in total. The molecule has 0 aromatic carbocycles. The molecule has 1 amide bonds. The number of hydrogen-bond acceptors (Lipinski definition) is 5. The van der Waals surface area contributed by atoms with E-state index in [4.69, 9.17) is 4.74 Å². The van der Waals surface area contributed by atoms with Gasteiger partial charge in [-0.1, -0.05) is 13.0 Å². The molecule has 28 heavy (non-hydrogen) atoms. The van der Waals surface area contributed by atoms with Crippen LogP contribution in [0, 0.1) is 0 Å². The van der Waals surface area contributed by atoms with Crippen molar-refractivity contribution in [1.29, 1.82) is 0 Å². The summed E-state index contributed by atoms with van der Waals surface area (Å²) < 4.78 is 5.44. The van der Waals surface area contributed by atoms with E-state index >= 15 is 0 Å². The summed E-state index contributed by atoms with van der Waals surface area (Å²) in [5.74, 6) is 1.97. The van der Waals surface area contributed by atoms with Gasteiger partial charge in [0.15, 0.2) is 5.96 Å². The van der Waals surface area contributed by atoms with Crippen LogP contribution in [0.1, 0.15) is 25.3 Å². The summed E-state index contributed by atoms with van der Waals surface area (Å²) in [5, 5.41) is 6.82. The molecule has 0 aliphatic carbocycles. The van der Waals surface area contributed by atoms with Crippen molar-refractivity contribution in [3.63, 3.8) is 0 Å². The van der Waals surface area contributed by atoms with Gasteiger partial charge in [-0.15, -0.1) is 24.0 Å². The lowest BCUT2D eigenvalue weighted by molar-refractivity contribution is -0.129. The summed E-state index contributed by atoms with van der Waals surface area (Å²) in [4.78, 5) is 24.9. The highest BCUT2D eigenvalue weighted by Crippen LogP contribution is 2.18. The first kappa shape index (κ1) is 22.7. The van der Waals surface area contributed by atoms with E-state index in [9.17, 15) is 4.79 Å². The molecule has 0 radical (unpaired) electrons. The number of pyridine rings is 1. The average Bonchev–Trinajstić information content (AvgIpc) is 3.20. The van der Waals surface area contributed by atoms with E-state index in [2.05, 4.69) is 31.6 Å². The average molecular weight is 502 g/mol. The fourth-order valence-electron chi connectivity index (χ4n) is 3.52. The fraction of sp³-hybridized carbons (Fsp3) is 0.632. The summed E-state index contributed by atoms with van der Waals surface area (Å²) in [7, 11) is 1.77. The van der Waals surface area contributed by atoms with Crippen LogP contribution >= 0.6 is 24.0 Å². The van der Waals surface area contributed by atoms with Gasteiger partial charge in [-0.2, -0.15) is 0 Å². The highest BCUT2D eigenvalue weighted by Gasteiger charge is 2.25. The molecular weight excluding hydrogens is 471 g/mol. The SMILES string of the molecule is CCC(=O)N1CCC(NC(=NC)NCc2cccnc2N2CCOCC2)C1.I. The lowest BCUT2D eigenvalue weighted by Crippen LogP contribution is -2.45. The maximum Gasteiger partial charge on any atom is 0.222 e. The largest absolute Gasteiger partial charge is 0.378 e. The predicted octanol–water partition coefficient (Wildman–Crippen LogP) is 1.21. The smallest absolute Gasteiger partial charge is 0.222 e. The number of ether oxygens (including phenoxy) is 1. The molecule has 2 fully saturated rings. The van der Waals surface area contributed by atoms with Crippen LogP contribution in [0.15, 0.2) is 23.3 Å². The van der Waals surface area contributed by atoms with Gasteiger partial charge in [-0.25, -0.2) is 4.98 Å². The Labute approximate surface area is 184 Å². The van der Waals surface area contributed by atoms with Crippen molar-refractivity contribution in [2.24, 2.45) is 4.99 Å². The number of aromatic nitrogens is 1. The van der Waals surface area contributed by atoms with Crippen LogP contribution in [-0.4, -0.2) is 74.2 Å². The van der Waals surface area contributed by atoms with Crippen molar-refractivity contribution in [2.75, 3.05) is 51.3 Å². The molecule has 2 N–H and O–H groups in total. The van der Waals surface area contributed by atoms with E-state index in [-0.39, 0.29) is 35.9 Å². The number of nitrogens with one attached hydrogen (secondary N) is 2. The van der Waals surface area contributed by atoms with Crippen molar-refractivity contribution in [3.05, 3.63) is 23.9 Å². The number of morpholine rings is 1. The molecule has 1 aromatic rings. The third kappa shape index (κ3) is 5.94. The number of carbonyl (C=O) groups excluding carboxylic acids is 1. The van der Waals surface area contributed by atoms with E-state index in [1.807, 2.05) is 24.1 Å². The van der Waals surface area contributed by atoms with E-state index in [0.717, 1.165) is 63.2 Å². The lowest BCUT2D eigenvalue weighted by Gasteiger charge is -2.29. The number of nitrogens with zero attached hydrogens (tertiary/aromatic N) is 4. The summed E-state index contributed by atoms with van der Waals surface area (Å²) in [6.45, 7) is 7.29. The summed E-state index contributed by atoms with van der Waals surface area (Å²) in [6.07, 6.45) is 3.34. The molecule has 1 unspecified atom stereocenters. The quantitative estimate of drug-likeness (QED) is 0.358. The van der Waals surface area contributed by atoms with Gasteiger partial charge in [0, 0.05) is 64.0 Å². The monoisotopic (exact) mass is 502 g/mol. The number of halogens is 1. The van der Waals surface area contributed by atoms with Gasteiger partial charge in [0.2, 0.25) is 5.91 Å². The van der Waals surface area contributed by atoms with Crippen LogP contribution in [-0.2, 0) is 16.1 Å². The van der Waals surface area contributed by atoms with Gasteiger partial charge in [0.05, 0.1) is 13.2 Å². The number of guanidine groups is 1. The maximum atomic E-state index is 11.8. The molecule has 0 spiro atoms.